The molecule has 1 aromatic rings. The number of hydrogen-bond donors (Lipinski definition) is 1. The first-order chi connectivity index (χ1) is 12.0. The third-order valence-electron chi connectivity index (χ3n) is 5.44. The van der Waals surface area contributed by atoms with Crippen LogP contribution in [0.4, 0.5) is 5.69 Å². The van der Waals surface area contributed by atoms with Gasteiger partial charge in [-0.25, -0.2) is 0 Å². The second kappa shape index (κ2) is 7.89. The van der Waals surface area contributed by atoms with E-state index in [0.29, 0.717) is 18.0 Å². The van der Waals surface area contributed by atoms with Crippen LogP contribution in [0.1, 0.15) is 48.9 Å². The molecule has 1 N–H and O–H groups in total. The lowest BCUT2D eigenvalue weighted by Gasteiger charge is -2.26. The Labute approximate surface area is 150 Å². The van der Waals surface area contributed by atoms with Crippen LogP contribution in [0.15, 0.2) is 24.3 Å². The summed E-state index contributed by atoms with van der Waals surface area (Å²) < 4.78 is 0. The van der Waals surface area contributed by atoms with Gasteiger partial charge in [0.2, 0.25) is 5.91 Å². The van der Waals surface area contributed by atoms with Crippen LogP contribution >= 0.6 is 0 Å². The number of carbonyl (C=O) groups is 2. The average molecular weight is 343 g/mol. The van der Waals surface area contributed by atoms with Crippen molar-refractivity contribution < 1.29 is 9.59 Å². The minimum Gasteiger partial charge on any atom is -0.378 e. The summed E-state index contributed by atoms with van der Waals surface area (Å²) in [6.07, 6.45) is 6.52. The average Bonchev–Trinajstić information content (AvgIpc) is 3.10. The van der Waals surface area contributed by atoms with E-state index in [1.165, 1.54) is 19.3 Å². The van der Waals surface area contributed by atoms with Crippen LogP contribution in [0, 0.1) is 5.92 Å². The summed E-state index contributed by atoms with van der Waals surface area (Å²) in [5.74, 6) is 0.454. The molecule has 2 fully saturated rings. The van der Waals surface area contributed by atoms with Crippen molar-refractivity contribution in [1.29, 1.82) is 0 Å². The summed E-state index contributed by atoms with van der Waals surface area (Å²) in [6, 6.07) is 7.66. The minimum absolute atomic E-state index is 0.0535. The molecule has 0 aromatic heterocycles. The summed E-state index contributed by atoms with van der Waals surface area (Å²) in [7, 11) is 3.96. The molecule has 1 aliphatic carbocycles. The van der Waals surface area contributed by atoms with E-state index in [1.807, 2.05) is 48.2 Å². The molecule has 1 aromatic carbocycles. The van der Waals surface area contributed by atoms with E-state index in [0.717, 1.165) is 31.5 Å². The zero-order valence-corrected chi connectivity index (χ0v) is 15.3. The first-order valence-corrected chi connectivity index (χ1v) is 9.41. The maximum Gasteiger partial charge on any atom is 0.251 e. The molecule has 0 spiro atoms. The lowest BCUT2D eigenvalue weighted by atomic mass is 9.88. The molecule has 3 rings (SSSR count). The van der Waals surface area contributed by atoms with Gasteiger partial charge in [-0.15, -0.1) is 0 Å². The van der Waals surface area contributed by atoms with E-state index in [4.69, 9.17) is 0 Å². The Morgan fingerprint density at radius 1 is 1.04 bits per heavy atom. The maximum atomic E-state index is 12.6. The summed E-state index contributed by atoms with van der Waals surface area (Å²) >= 11 is 0. The van der Waals surface area contributed by atoms with Gasteiger partial charge >= 0.3 is 0 Å². The molecule has 0 bridgehead atoms. The summed E-state index contributed by atoms with van der Waals surface area (Å²) in [6.45, 7) is 1.41. The first-order valence-electron chi connectivity index (χ1n) is 9.41. The Morgan fingerprint density at radius 3 is 2.36 bits per heavy atom. The number of hydrogen-bond acceptors (Lipinski definition) is 3. The van der Waals surface area contributed by atoms with Gasteiger partial charge in [-0.1, -0.05) is 19.3 Å². The van der Waals surface area contributed by atoms with Crippen molar-refractivity contribution in [3.8, 4) is 0 Å². The fourth-order valence-electron chi connectivity index (χ4n) is 3.87. The van der Waals surface area contributed by atoms with Crippen LogP contribution in [0.3, 0.4) is 0 Å². The van der Waals surface area contributed by atoms with Crippen molar-refractivity contribution in [1.82, 2.24) is 10.2 Å². The molecule has 2 aliphatic rings. The fourth-order valence-corrected chi connectivity index (χ4v) is 3.87. The third kappa shape index (κ3) is 4.33. The molecule has 25 heavy (non-hydrogen) atoms. The van der Waals surface area contributed by atoms with Gasteiger partial charge < -0.3 is 15.1 Å². The molecule has 1 atom stereocenters. The number of nitrogens with zero attached hydrogens (tertiary/aromatic N) is 2. The van der Waals surface area contributed by atoms with Crippen LogP contribution in [-0.4, -0.2) is 49.9 Å². The Hall–Kier alpha value is -2.04. The highest BCUT2D eigenvalue weighted by atomic mass is 16.2. The molecule has 1 unspecified atom stereocenters. The van der Waals surface area contributed by atoms with Gasteiger partial charge in [-0.05, 0) is 43.5 Å². The van der Waals surface area contributed by atoms with E-state index >= 15 is 0 Å². The molecule has 1 aliphatic heterocycles. The van der Waals surface area contributed by atoms with Gasteiger partial charge in [0.05, 0.1) is 0 Å². The molecule has 5 heteroatoms. The smallest absolute Gasteiger partial charge is 0.251 e. The molecular weight excluding hydrogens is 314 g/mol. The van der Waals surface area contributed by atoms with Crippen LogP contribution in [0.25, 0.3) is 0 Å². The van der Waals surface area contributed by atoms with Crippen LogP contribution < -0.4 is 10.2 Å². The van der Waals surface area contributed by atoms with Crippen molar-refractivity contribution in [3.05, 3.63) is 29.8 Å². The van der Waals surface area contributed by atoms with E-state index in [2.05, 4.69) is 5.32 Å². The van der Waals surface area contributed by atoms with Crippen molar-refractivity contribution in [3.63, 3.8) is 0 Å². The van der Waals surface area contributed by atoms with Gasteiger partial charge in [-0.2, -0.15) is 0 Å². The normalized spacial score (nSPS) is 21.2. The van der Waals surface area contributed by atoms with Crippen molar-refractivity contribution in [2.45, 2.75) is 44.6 Å². The second-order valence-electron chi connectivity index (χ2n) is 7.52. The summed E-state index contributed by atoms with van der Waals surface area (Å²) in [5, 5.41) is 3.09. The van der Waals surface area contributed by atoms with Gasteiger partial charge in [0, 0.05) is 50.4 Å². The molecular formula is C20H29N3O2. The van der Waals surface area contributed by atoms with Crippen LogP contribution in [0.5, 0.6) is 0 Å². The van der Waals surface area contributed by atoms with Gasteiger partial charge in [0.1, 0.15) is 0 Å². The Morgan fingerprint density at radius 2 is 1.72 bits per heavy atom. The number of rotatable bonds is 4. The molecule has 0 radical (unpaired) electrons. The molecule has 136 valence electrons. The van der Waals surface area contributed by atoms with E-state index in [1.54, 1.807) is 0 Å². The quantitative estimate of drug-likeness (QED) is 0.914. The van der Waals surface area contributed by atoms with E-state index in [-0.39, 0.29) is 17.9 Å². The fraction of sp³-hybridized carbons (Fsp3) is 0.600. The Kier molecular flexibility index (Phi) is 5.61. The molecule has 2 amide bonds. The zero-order chi connectivity index (χ0) is 17.8. The highest BCUT2D eigenvalue weighted by Crippen LogP contribution is 2.26. The summed E-state index contributed by atoms with van der Waals surface area (Å²) in [4.78, 5) is 29.0. The number of anilines is 1. The Bertz CT molecular complexity index is 606. The SMILES string of the molecule is CN(C)c1ccc(C(=O)NC2CCN(C(=O)C3CCCCC3)C2)cc1. The van der Waals surface area contributed by atoms with Gasteiger partial charge in [0.15, 0.2) is 0 Å². The molecule has 5 nitrogen and oxygen atoms in total. The third-order valence-corrected chi connectivity index (χ3v) is 5.44. The monoisotopic (exact) mass is 343 g/mol. The number of amides is 2. The predicted molar refractivity (Wildman–Crippen MR) is 99.8 cm³/mol. The standard InChI is InChI=1S/C20H29N3O2/c1-22(2)18-10-8-15(9-11-18)19(24)21-17-12-13-23(14-17)20(25)16-6-4-3-5-7-16/h8-11,16-17H,3-7,12-14H2,1-2H3,(H,21,24). The van der Waals surface area contributed by atoms with Gasteiger partial charge in [0.25, 0.3) is 5.91 Å². The largest absolute Gasteiger partial charge is 0.378 e. The maximum absolute atomic E-state index is 12.6. The topological polar surface area (TPSA) is 52.7 Å². The van der Waals surface area contributed by atoms with Crippen molar-refractivity contribution >= 4 is 17.5 Å². The number of nitrogens with one attached hydrogen (secondary N) is 1. The highest BCUT2D eigenvalue weighted by molar-refractivity contribution is 5.94. The molecule has 1 saturated carbocycles. The number of carbonyl (C=O) groups excluding carboxylic acids is 2. The lowest BCUT2D eigenvalue weighted by Crippen LogP contribution is -2.40. The minimum atomic E-state index is -0.0535. The van der Waals surface area contributed by atoms with Crippen molar-refractivity contribution in [2.24, 2.45) is 5.92 Å². The molecule has 1 saturated heterocycles. The number of benzene rings is 1. The van der Waals surface area contributed by atoms with Crippen LogP contribution in [0.2, 0.25) is 0 Å². The Balaban J connectivity index is 1.52. The van der Waals surface area contributed by atoms with E-state index < -0.39 is 0 Å². The van der Waals surface area contributed by atoms with Gasteiger partial charge in [-0.3, -0.25) is 9.59 Å². The number of likely N-dealkylation sites (tertiary alicyclic amines) is 1. The first kappa shape index (κ1) is 17.8. The van der Waals surface area contributed by atoms with Crippen LogP contribution in [-0.2, 0) is 4.79 Å². The molecule has 1 heterocycles. The highest BCUT2D eigenvalue weighted by Gasteiger charge is 2.32. The lowest BCUT2D eigenvalue weighted by molar-refractivity contribution is -0.135. The van der Waals surface area contributed by atoms with E-state index in [9.17, 15) is 9.59 Å². The second-order valence-corrected chi connectivity index (χ2v) is 7.52. The summed E-state index contributed by atoms with van der Waals surface area (Å²) in [5.41, 5.74) is 1.74. The predicted octanol–water partition coefficient (Wildman–Crippen LogP) is 2.66. The van der Waals surface area contributed by atoms with Crippen molar-refractivity contribution in [2.75, 3.05) is 32.1 Å². The zero-order valence-electron chi connectivity index (χ0n) is 15.3.